The van der Waals surface area contributed by atoms with E-state index in [9.17, 15) is 4.79 Å². The van der Waals surface area contributed by atoms with E-state index in [1.165, 1.54) is 0 Å². The van der Waals surface area contributed by atoms with Gasteiger partial charge in [-0.3, -0.25) is 9.78 Å². The highest BCUT2D eigenvalue weighted by molar-refractivity contribution is 6.31. The number of benzene rings is 1. The maximum absolute atomic E-state index is 12.6. The van der Waals surface area contributed by atoms with Crippen LogP contribution in [-0.4, -0.2) is 29.4 Å². The number of anilines is 1. The molecule has 2 aromatic rings. The predicted molar refractivity (Wildman–Crippen MR) is 88.4 cm³/mol. The number of rotatable bonds is 2. The second-order valence-corrected chi connectivity index (χ2v) is 6.09. The van der Waals surface area contributed by atoms with E-state index in [1.807, 2.05) is 31.3 Å². The van der Waals surface area contributed by atoms with Crippen molar-refractivity contribution in [3.05, 3.63) is 57.9 Å². The maximum Gasteiger partial charge on any atom is 0.257 e. The van der Waals surface area contributed by atoms with Gasteiger partial charge < -0.3 is 10.2 Å². The Labute approximate surface area is 135 Å². The Balaban J connectivity index is 1.90. The fraction of sp³-hybridized carbons (Fsp3) is 0.294. The third-order valence-corrected chi connectivity index (χ3v) is 4.50. The van der Waals surface area contributed by atoms with E-state index in [0.29, 0.717) is 10.6 Å². The van der Waals surface area contributed by atoms with Crippen molar-refractivity contribution >= 4 is 23.2 Å². The van der Waals surface area contributed by atoms with E-state index in [4.69, 9.17) is 11.6 Å². The molecule has 3 rings (SSSR count). The first kappa shape index (κ1) is 15.0. The smallest absolute Gasteiger partial charge is 0.257 e. The summed E-state index contributed by atoms with van der Waals surface area (Å²) in [5, 5.41) is 3.60. The summed E-state index contributed by atoms with van der Waals surface area (Å²) in [5.41, 5.74) is 4.50. The van der Waals surface area contributed by atoms with Crippen LogP contribution in [0.5, 0.6) is 0 Å². The molecular weight excluding hydrogens is 298 g/mol. The van der Waals surface area contributed by atoms with Crippen LogP contribution in [0.2, 0.25) is 5.02 Å². The molecule has 0 unspecified atom stereocenters. The van der Waals surface area contributed by atoms with Crippen LogP contribution in [0, 0.1) is 6.92 Å². The molecule has 1 aliphatic heterocycles. The third-order valence-electron chi connectivity index (χ3n) is 4.09. The Hall–Kier alpha value is -1.91. The Bertz CT molecular complexity index is 730. The lowest BCUT2D eigenvalue weighted by Gasteiger charge is -2.26. The molecule has 0 spiro atoms. The van der Waals surface area contributed by atoms with E-state index in [-0.39, 0.29) is 5.91 Å². The number of carbonyl (C=O) groups excluding carboxylic acids is 1. The van der Waals surface area contributed by atoms with E-state index in [1.54, 1.807) is 6.20 Å². The van der Waals surface area contributed by atoms with Gasteiger partial charge in [-0.05, 0) is 49.2 Å². The van der Waals surface area contributed by atoms with Crippen molar-refractivity contribution in [2.45, 2.75) is 19.9 Å². The Morgan fingerprint density at radius 3 is 3.00 bits per heavy atom. The Kier molecular flexibility index (Phi) is 4.14. The SMILES string of the molecule is Cc1c(Cl)cccc1NC(=O)c1cncc2c1CCN(C)C2. The second kappa shape index (κ2) is 6.07. The molecule has 22 heavy (non-hydrogen) atoms. The average molecular weight is 316 g/mol. The van der Waals surface area contributed by atoms with Gasteiger partial charge in [-0.15, -0.1) is 0 Å². The van der Waals surface area contributed by atoms with Crippen molar-refractivity contribution in [3.63, 3.8) is 0 Å². The minimum absolute atomic E-state index is 0.126. The van der Waals surface area contributed by atoms with E-state index < -0.39 is 0 Å². The van der Waals surface area contributed by atoms with Crippen LogP contribution in [0.1, 0.15) is 27.0 Å². The molecule has 0 saturated heterocycles. The van der Waals surface area contributed by atoms with Gasteiger partial charge in [-0.25, -0.2) is 0 Å². The largest absolute Gasteiger partial charge is 0.322 e. The Morgan fingerprint density at radius 1 is 1.36 bits per heavy atom. The highest BCUT2D eigenvalue weighted by Gasteiger charge is 2.20. The number of nitrogens with zero attached hydrogens (tertiary/aromatic N) is 2. The van der Waals surface area contributed by atoms with Crippen LogP contribution in [0.25, 0.3) is 0 Å². The van der Waals surface area contributed by atoms with Gasteiger partial charge >= 0.3 is 0 Å². The zero-order chi connectivity index (χ0) is 15.7. The van der Waals surface area contributed by atoms with Gasteiger partial charge in [0.2, 0.25) is 0 Å². The average Bonchev–Trinajstić information content (AvgIpc) is 2.51. The molecule has 1 N–H and O–H groups in total. The van der Waals surface area contributed by atoms with E-state index in [0.717, 1.165) is 41.9 Å². The van der Waals surface area contributed by atoms with Gasteiger partial charge in [0, 0.05) is 36.2 Å². The molecule has 1 aromatic heterocycles. The molecule has 0 fully saturated rings. The summed E-state index contributed by atoms with van der Waals surface area (Å²) in [4.78, 5) is 19.1. The Morgan fingerprint density at radius 2 is 2.18 bits per heavy atom. The lowest BCUT2D eigenvalue weighted by Crippen LogP contribution is -2.29. The highest BCUT2D eigenvalue weighted by Crippen LogP contribution is 2.25. The first-order valence-electron chi connectivity index (χ1n) is 7.27. The quantitative estimate of drug-likeness (QED) is 0.925. The molecule has 114 valence electrons. The molecule has 5 heteroatoms. The molecule has 0 radical (unpaired) electrons. The van der Waals surface area contributed by atoms with Gasteiger partial charge in [-0.1, -0.05) is 17.7 Å². The molecular formula is C17H18ClN3O. The first-order valence-corrected chi connectivity index (χ1v) is 7.65. The van der Waals surface area contributed by atoms with Crippen molar-refractivity contribution in [1.29, 1.82) is 0 Å². The number of amides is 1. The fourth-order valence-corrected chi connectivity index (χ4v) is 2.94. The second-order valence-electron chi connectivity index (χ2n) is 5.68. The van der Waals surface area contributed by atoms with Crippen molar-refractivity contribution in [2.75, 3.05) is 18.9 Å². The van der Waals surface area contributed by atoms with Gasteiger partial charge in [0.05, 0.1) is 5.56 Å². The summed E-state index contributed by atoms with van der Waals surface area (Å²) in [6.07, 6.45) is 4.37. The van der Waals surface area contributed by atoms with Crippen molar-refractivity contribution in [2.24, 2.45) is 0 Å². The fourth-order valence-electron chi connectivity index (χ4n) is 2.76. The normalized spacial score (nSPS) is 14.5. The number of likely N-dealkylation sites (N-methyl/N-ethyl adjacent to an activating group) is 1. The predicted octanol–water partition coefficient (Wildman–Crippen LogP) is 3.28. The summed E-state index contributed by atoms with van der Waals surface area (Å²) < 4.78 is 0. The van der Waals surface area contributed by atoms with Crippen LogP contribution in [0.3, 0.4) is 0 Å². The summed E-state index contributed by atoms with van der Waals surface area (Å²) in [6.45, 7) is 3.68. The summed E-state index contributed by atoms with van der Waals surface area (Å²) >= 11 is 6.11. The number of hydrogen-bond donors (Lipinski definition) is 1. The minimum atomic E-state index is -0.126. The van der Waals surface area contributed by atoms with Gasteiger partial charge in [0.15, 0.2) is 0 Å². The molecule has 1 amide bonds. The molecule has 0 saturated carbocycles. The number of fused-ring (bicyclic) bond motifs is 1. The highest BCUT2D eigenvalue weighted by atomic mass is 35.5. The van der Waals surface area contributed by atoms with Gasteiger partial charge in [0.25, 0.3) is 5.91 Å². The monoisotopic (exact) mass is 315 g/mol. The first-order chi connectivity index (χ1) is 10.6. The zero-order valence-electron chi connectivity index (χ0n) is 12.7. The molecule has 0 atom stereocenters. The lowest BCUT2D eigenvalue weighted by molar-refractivity contribution is 0.102. The van der Waals surface area contributed by atoms with Crippen LogP contribution in [0.15, 0.2) is 30.6 Å². The van der Waals surface area contributed by atoms with Gasteiger partial charge in [-0.2, -0.15) is 0 Å². The number of nitrogens with one attached hydrogen (secondary N) is 1. The molecule has 0 bridgehead atoms. The summed E-state index contributed by atoms with van der Waals surface area (Å²) in [6, 6.07) is 5.50. The molecule has 1 aliphatic rings. The van der Waals surface area contributed by atoms with E-state index in [2.05, 4.69) is 22.2 Å². The van der Waals surface area contributed by atoms with Gasteiger partial charge in [0.1, 0.15) is 0 Å². The third kappa shape index (κ3) is 2.85. The molecule has 0 aliphatic carbocycles. The minimum Gasteiger partial charge on any atom is -0.322 e. The molecule has 2 heterocycles. The van der Waals surface area contributed by atoms with Crippen molar-refractivity contribution < 1.29 is 4.79 Å². The topological polar surface area (TPSA) is 45.2 Å². The maximum atomic E-state index is 12.6. The lowest BCUT2D eigenvalue weighted by atomic mass is 9.97. The number of carbonyl (C=O) groups is 1. The van der Waals surface area contributed by atoms with Crippen LogP contribution in [-0.2, 0) is 13.0 Å². The number of hydrogen-bond acceptors (Lipinski definition) is 3. The summed E-state index contributed by atoms with van der Waals surface area (Å²) in [7, 11) is 2.07. The zero-order valence-corrected chi connectivity index (χ0v) is 13.4. The van der Waals surface area contributed by atoms with Crippen LogP contribution < -0.4 is 5.32 Å². The molecule has 4 nitrogen and oxygen atoms in total. The number of aromatic nitrogens is 1. The van der Waals surface area contributed by atoms with E-state index >= 15 is 0 Å². The summed E-state index contributed by atoms with van der Waals surface area (Å²) in [5.74, 6) is -0.126. The standard InChI is InChI=1S/C17H18ClN3O/c1-11-15(18)4-3-5-16(11)20-17(22)14-9-19-8-12-10-21(2)7-6-13(12)14/h3-5,8-9H,6-7,10H2,1-2H3,(H,20,22). The van der Waals surface area contributed by atoms with Crippen molar-refractivity contribution in [3.8, 4) is 0 Å². The molecule has 1 aromatic carbocycles. The number of halogens is 1. The van der Waals surface area contributed by atoms with Crippen molar-refractivity contribution in [1.82, 2.24) is 9.88 Å². The van der Waals surface area contributed by atoms with Crippen LogP contribution in [0.4, 0.5) is 5.69 Å². The van der Waals surface area contributed by atoms with Crippen LogP contribution >= 0.6 is 11.6 Å². The number of pyridine rings is 1.